The summed E-state index contributed by atoms with van der Waals surface area (Å²) in [6, 6.07) is 2.12. The highest BCUT2D eigenvalue weighted by Gasteiger charge is 2.33. The zero-order valence-corrected chi connectivity index (χ0v) is 21.1. The predicted molar refractivity (Wildman–Crippen MR) is 136 cm³/mol. The van der Waals surface area contributed by atoms with Gasteiger partial charge in [0.05, 0.1) is 4.91 Å². The third kappa shape index (κ3) is 4.79. The van der Waals surface area contributed by atoms with Gasteiger partial charge in [0.1, 0.15) is 21.8 Å². The smallest absolute Gasteiger partial charge is 0.270 e. The molecule has 0 atom stereocenters. The molecule has 0 bridgehead atoms. The molecule has 0 N–H and O–H groups in total. The summed E-state index contributed by atoms with van der Waals surface area (Å²) in [5.41, 5.74) is 1.36. The van der Waals surface area contributed by atoms with Crippen molar-refractivity contribution in [1.29, 1.82) is 5.26 Å². The minimum absolute atomic E-state index is 0.0933. The number of amides is 1. The number of thiocarbonyl (C=S) groups is 1. The Labute approximate surface area is 200 Å². The second-order valence-electron chi connectivity index (χ2n) is 8.66. The van der Waals surface area contributed by atoms with Crippen LogP contribution in [0.5, 0.6) is 0 Å². The third-order valence-electron chi connectivity index (χ3n) is 6.26. The van der Waals surface area contributed by atoms with Gasteiger partial charge >= 0.3 is 0 Å². The minimum Gasteiger partial charge on any atom is -0.357 e. The van der Waals surface area contributed by atoms with Crippen LogP contribution in [0.15, 0.2) is 9.70 Å². The van der Waals surface area contributed by atoms with Crippen LogP contribution >= 0.6 is 24.0 Å². The van der Waals surface area contributed by atoms with Crippen LogP contribution in [0, 0.1) is 24.2 Å². The van der Waals surface area contributed by atoms with Crippen molar-refractivity contribution in [1.82, 2.24) is 9.47 Å². The zero-order chi connectivity index (χ0) is 23.4. The molecule has 0 aliphatic carbocycles. The van der Waals surface area contributed by atoms with Crippen LogP contribution in [-0.2, 0) is 11.3 Å². The quantitative estimate of drug-likeness (QED) is 0.424. The Morgan fingerprint density at radius 1 is 1.19 bits per heavy atom. The summed E-state index contributed by atoms with van der Waals surface area (Å²) in [7, 11) is 0. The fraction of sp³-hybridized carbons (Fsp3) is 0.583. The maximum Gasteiger partial charge on any atom is 0.270 e. The molecular weight excluding hydrogens is 440 g/mol. The summed E-state index contributed by atoms with van der Waals surface area (Å²) < 4.78 is 2.33. The Bertz CT molecular complexity index is 1030. The molecule has 32 heavy (non-hydrogen) atoms. The van der Waals surface area contributed by atoms with Gasteiger partial charge in [-0.05, 0) is 50.2 Å². The lowest BCUT2D eigenvalue weighted by atomic mass is 9.97. The van der Waals surface area contributed by atoms with Crippen molar-refractivity contribution in [3.05, 3.63) is 31.9 Å². The molecule has 8 heteroatoms. The number of nitrogens with zero attached hydrogens (tertiary/aromatic N) is 4. The lowest BCUT2D eigenvalue weighted by Crippen LogP contribution is -2.39. The molecule has 6 nitrogen and oxygen atoms in total. The summed E-state index contributed by atoms with van der Waals surface area (Å²) in [6.45, 7) is 11.0. The Morgan fingerprint density at radius 2 is 1.88 bits per heavy atom. The standard InChI is InChI=1S/C24H32N4O2S2/c1-5-7-11-27-21(26-12-8-16(3)9-13-26)18(17(4)19(15-25)22(27)29)14-20-23(30)28(10-6-2)24(31)32-20/h14,16H,5-13H2,1-4H3/b20-14+. The maximum absolute atomic E-state index is 13.3. The van der Waals surface area contributed by atoms with Gasteiger partial charge in [-0.3, -0.25) is 19.1 Å². The summed E-state index contributed by atoms with van der Waals surface area (Å²) in [4.78, 5) is 30.8. The highest BCUT2D eigenvalue weighted by Crippen LogP contribution is 2.36. The molecule has 3 heterocycles. The van der Waals surface area contributed by atoms with Crippen molar-refractivity contribution in [2.75, 3.05) is 24.5 Å². The summed E-state index contributed by atoms with van der Waals surface area (Å²) in [5, 5.41) is 9.78. The van der Waals surface area contributed by atoms with Gasteiger partial charge in [-0.2, -0.15) is 5.26 Å². The first-order valence-corrected chi connectivity index (χ1v) is 12.7. The molecule has 3 rings (SSSR count). The highest BCUT2D eigenvalue weighted by molar-refractivity contribution is 8.26. The van der Waals surface area contributed by atoms with Crippen LogP contribution in [0.3, 0.4) is 0 Å². The van der Waals surface area contributed by atoms with E-state index in [4.69, 9.17) is 12.2 Å². The average molecular weight is 473 g/mol. The van der Waals surface area contributed by atoms with Crippen LogP contribution < -0.4 is 10.5 Å². The fourth-order valence-corrected chi connectivity index (χ4v) is 5.57. The fourth-order valence-electron chi connectivity index (χ4n) is 4.28. The number of carbonyl (C=O) groups is 1. The summed E-state index contributed by atoms with van der Waals surface area (Å²) in [6.07, 6.45) is 6.60. The van der Waals surface area contributed by atoms with E-state index in [1.165, 1.54) is 11.8 Å². The van der Waals surface area contributed by atoms with Gasteiger partial charge in [0.15, 0.2) is 0 Å². The SMILES string of the molecule is CCCCn1c(N2CCC(C)CC2)c(/C=C2/SC(=S)N(CCC)C2=O)c(C)c(C#N)c1=O. The van der Waals surface area contributed by atoms with Gasteiger partial charge in [-0.15, -0.1) is 0 Å². The van der Waals surface area contributed by atoms with Crippen LogP contribution in [0.2, 0.25) is 0 Å². The Hall–Kier alpha value is -2.11. The van der Waals surface area contributed by atoms with Crippen LogP contribution in [-0.4, -0.2) is 39.3 Å². The maximum atomic E-state index is 13.3. The van der Waals surface area contributed by atoms with Gasteiger partial charge in [0.25, 0.3) is 11.5 Å². The van der Waals surface area contributed by atoms with Gasteiger partial charge in [-0.1, -0.05) is 51.2 Å². The van der Waals surface area contributed by atoms with Crippen LogP contribution in [0.1, 0.15) is 69.6 Å². The second kappa shape index (κ2) is 10.7. The van der Waals surface area contributed by atoms with Crippen LogP contribution in [0.25, 0.3) is 6.08 Å². The molecule has 0 spiro atoms. The van der Waals surface area contributed by atoms with E-state index in [0.29, 0.717) is 33.8 Å². The van der Waals surface area contributed by atoms with Crippen molar-refractivity contribution in [2.45, 2.75) is 66.3 Å². The number of anilines is 1. The highest BCUT2D eigenvalue weighted by atomic mass is 32.2. The molecule has 172 valence electrons. The molecular formula is C24H32N4O2S2. The lowest BCUT2D eigenvalue weighted by Gasteiger charge is -2.35. The van der Waals surface area contributed by atoms with E-state index in [0.717, 1.165) is 56.6 Å². The first kappa shape index (κ1) is 24.5. The van der Waals surface area contributed by atoms with E-state index >= 15 is 0 Å². The monoisotopic (exact) mass is 472 g/mol. The Morgan fingerprint density at radius 3 is 2.47 bits per heavy atom. The topological polar surface area (TPSA) is 69.3 Å². The molecule has 0 unspecified atom stereocenters. The average Bonchev–Trinajstić information content (AvgIpc) is 3.03. The molecule has 2 aliphatic heterocycles. The molecule has 1 amide bonds. The van der Waals surface area contributed by atoms with Crippen molar-refractivity contribution < 1.29 is 4.79 Å². The van der Waals surface area contributed by atoms with Gasteiger partial charge in [0, 0.05) is 31.7 Å². The minimum atomic E-state index is -0.234. The normalized spacial score (nSPS) is 18.7. The molecule has 2 fully saturated rings. The molecule has 1 aromatic heterocycles. The van der Waals surface area contributed by atoms with E-state index in [1.807, 2.05) is 19.9 Å². The number of rotatable bonds is 7. The second-order valence-corrected chi connectivity index (χ2v) is 10.3. The predicted octanol–water partition coefficient (Wildman–Crippen LogP) is 4.68. The summed E-state index contributed by atoms with van der Waals surface area (Å²) in [5.74, 6) is 1.40. The van der Waals surface area contributed by atoms with Crippen molar-refractivity contribution in [2.24, 2.45) is 5.92 Å². The van der Waals surface area contributed by atoms with Crippen molar-refractivity contribution in [3.63, 3.8) is 0 Å². The van der Waals surface area contributed by atoms with E-state index < -0.39 is 0 Å². The molecule has 0 saturated carbocycles. The number of aromatic nitrogens is 1. The van der Waals surface area contributed by atoms with Gasteiger partial charge < -0.3 is 4.90 Å². The number of nitriles is 1. The number of pyridine rings is 1. The van der Waals surface area contributed by atoms with Gasteiger partial charge in [0.2, 0.25) is 0 Å². The van der Waals surface area contributed by atoms with Gasteiger partial charge in [-0.25, -0.2) is 0 Å². The molecule has 0 radical (unpaired) electrons. The number of thioether (sulfide) groups is 1. The van der Waals surface area contributed by atoms with E-state index in [-0.39, 0.29) is 17.0 Å². The number of unbranched alkanes of at least 4 members (excludes halogenated alkanes) is 1. The third-order valence-corrected chi connectivity index (χ3v) is 7.64. The number of carbonyl (C=O) groups excluding carboxylic acids is 1. The number of hydrogen-bond acceptors (Lipinski definition) is 6. The van der Waals surface area contributed by atoms with E-state index in [2.05, 4.69) is 24.8 Å². The van der Waals surface area contributed by atoms with E-state index in [9.17, 15) is 14.9 Å². The van der Waals surface area contributed by atoms with Crippen LogP contribution in [0.4, 0.5) is 5.82 Å². The Kier molecular flexibility index (Phi) is 8.18. The first-order valence-electron chi connectivity index (χ1n) is 11.5. The molecule has 2 aliphatic rings. The zero-order valence-electron chi connectivity index (χ0n) is 19.4. The number of hydrogen-bond donors (Lipinski definition) is 0. The molecule has 2 saturated heterocycles. The van der Waals surface area contributed by atoms with Crippen molar-refractivity contribution in [3.8, 4) is 6.07 Å². The molecule has 1 aromatic rings. The van der Waals surface area contributed by atoms with E-state index in [1.54, 1.807) is 9.47 Å². The first-order chi connectivity index (χ1) is 15.3. The number of piperidine rings is 1. The lowest BCUT2D eigenvalue weighted by molar-refractivity contribution is -0.122. The molecule has 0 aromatic carbocycles. The summed E-state index contributed by atoms with van der Waals surface area (Å²) >= 11 is 6.74. The van der Waals surface area contributed by atoms with Crippen molar-refractivity contribution >= 4 is 46.1 Å². The largest absolute Gasteiger partial charge is 0.357 e. The Balaban J connectivity index is 2.21.